The predicted molar refractivity (Wildman–Crippen MR) is 82.4 cm³/mol. The predicted octanol–water partition coefficient (Wildman–Crippen LogP) is 2.79. The molecule has 2 aliphatic rings. The summed E-state index contributed by atoms with van der Waals surface area (Å²) in [5.74, 6) is -3.67. The lowest BCUT2D eigenvalue weighted by atomic mass is 10.1. The summed E-state index contributed by atoms with van der Waals surface area (Å²) < 4.78 is 45.7. The fraction of sp³-hybridized carbons (Fsp3) is 0.375. The Hall–Kier alpha value is -2.51. The van der Waals surface area contributed by atoms with Crippen LogP contribution in [0.5, 0.6) is 0 Å². The van der Waals surface area contributed by atoms with Crippen LogP contribution in [-0.2, 0) is 0 Å². The minimum Gasteiger partial charge on any atom is -0.411 e. The van der Waals surface area contributed by atoms with E-state index < -0.39 is 34.0 Å². The highest BCUT2D eigenvalue weighted by atomic mass is 19.2. The van der Waals surface area contributed by atoms with E-state index in [1.54, 1.807) is 0 Å². The molecule has 24 heavy (non-hydrogen) atoms. The minimum absolute atomic E-state index is 0.00606. The number of fused-ring (bicyclic) bond motifs is 1. The average molecular weight is 337 g/mol. The van der Waals surface area contributed by atoms with Crippen LogP contribution < -0.4 is 10.3 Å². The molecule has 1 saturated heterocycles. The van der Waals surface area contributed by atoms with Gasteiger partial charge in [-0.2, -0.15) is 0 Å². The second-order valence-corrected chi connectivity index (χ2v) is 6.17. The van der Waals surface area contributed by atoms with Gasteiger partial charge in [0.05, 0.1) is 23.2 Å². The van der Waals surface area contributed by atoms with E-state index in [0.29, 0.717) is 12.1 Å². The highest BCUT2D eigenvalue weighted by Crippen LogP contribution is 2.40. The van der Waals surface area contributed by atoms with E-state index >= 15 is 4.39 Å². The monoisotopic (exact) mass is 337 g/mol. The van der Waals surface area contributed by atoms with Gasteiger partial charge in [0.2, 0.25) is 0 Å². The topological polar surface area (TPSA) is 57.8 Å². The van der Waals surface area contributed by atoms with Crippen LogP contribution in [0, 0.1) is 17.5 Å². The van der Waals surface area contributed by atoms with E-state index in [0.717, 1.165) is 18.9 Å². The molecule has 8 heteroatoms. The van der Waals surface area contributed by atoms with Gasteiger partial charge in [0.15, 0.2) is 22.9 Å². The van der Waals surface area contributed by atoms with Gasteiger partial charge in [0, 0.05) is 31.3 Å². The van der Waals surface area contributed by atoms with Crippen molar-refractivity contribution in [3.63, 3.8) is 0 Å². The van der Waals surface area contributed by atoms with Gasteiger partial charge in [-0.15, -0.1) is 0 Å². The molecule has 1 aliphatic carbocycles. The summed E-state index contributed by atoms with van der Waals surface area (Å²) in [6, 6.07) is 1.13. The number of rotatable bonds is 2. The Bertz CT molecular complexity index is 935. The van der Waals surface area contributed by atoms with Gasteiger partial charge >= 0.3 is 0 Å². The van der Waals surface area contributed by atoms with Crippen LogP contribution >= 0.6 is 0 Å². The molecule has 0 spiro atoms. The van der Waals surface area contributed by atoms with Crippen molar-refractivity contribution in [3.8, 4) is 0 Å². The van der Waals surface area contributed by atoms with E-state index in [2.05, 4.69) is 5.16 Å². The summed E-state index contributed by atoms with van der Waals surface area (Å²) in [5.41, 5.74) is -1.10. The third-order valence-corrected chi connectivity index (χ3v) is 4.61. The van der Waals surface area contributed by atoms with E-state index in [9.17, 15) is 13.6 Å². The first kappa shape index (κ1) is 15.0. The lowest BCUT2D eigenvalue weighted by Gasteiger charge is -2.21. The zero-order chi connectivity index (χ0) is 17.0. The van der Waals surface area contributed by atoms with E-state index in [4.69, 9.17) is 5.21 Å². The first-order valence-electron chi connectivity index (χ1n) is 7.69. The largest absolute Gasteiger partial charge is 0.411 e. The average Bonchev–Trinajstić information content (AvgIpc) is 3.31. The summed E-state index contributed by atoms with van der Waals surface area (Å²) in [4.78, 5) is 13.3. The van der Waals surface area contributed by atoms with E-state index in [-0.39, 0.29) is 24.6 Å². The molecule has 1 aromatic heterocycles. The summed E-state index contributed by atoms with van der Waals surface area (Å²) >= 11 is 0. The SMILES string of the molecule is O=c1ccn(C2CC2)c2c(F)c(N3CCC(=NO)C3)c(F)c(F)c12. The Morgan fingerprint density at radius 3 is 2.54 bits per heavy atom. The van der Waals surface area contributed by atoms with Gasteiger partial charge in [-0.05, 0) is 12.8 Å². The fourth-order valence-electron chi connectivity index (χ4n) is 3.26. The molecule has 2 fully saturated rings. The van der Waals surface area contributed by atoms with Gasteiger partial charge in [0.1, 0.15) is 5.69 Å². The highest BCUT2D eigenvalue weighted by Gasteiger charge is 2.33. The second-order valence-electron chi connectivity index (χ2n) is 6.17. The number of aromatic nitrogens is 1. The number of oxime groups is 1. The number of hydrogen-bond donors (Lipinski definition) is 1. The molecular formula is C16H14F3N3O2. The summed E-state index contributed by atoms with van der Waals surface area (Å²) in [6.45, 7) is 0.217. The summed E-state index contributed by atoms with van der Waals surface area (Å²) in [6.07, 6.45) is 3.37. The van der Waals surface area contributed by atoms with Crippen molar-refractivity contribution in [3.05, 3.63) is 39.9 Å². The molecule has 0 unspecified atom stereocenters. The molecule has 2 heterocycles. The van der Waals surface area contributed by atoms with Gasteiger partial charge < -0.3 is 14.7 Å². The van der Waals surface area contributed by atoms with Crippen LogP contribution in [0.1, 0.15) is 25.3 Å². The van der Waals surface area contributed by atoms with Crippen molar-refractivity contribution in [1.29, 1.82) is 0 Å². The lowest BCUT2D eigenvalue weighted by Crippen LogP contribution is -2.24. The van der Waals surface area contributed by atoms with Crippen molar-refractivity contribution >= 4 is 22.3 Å². The van der Waals surface area contributed by atoms with Crippen LogP contribution in [0.2, 0.25) is 0 Å². The van der Waals surface area contributed by atoms with E-state index in [1.165, 1.54) is 15.7 Å². The smallest absolute Gasteiger partial charge is 0.192 e. The zero-order valence-corrected chi connectivity index (χ0v) is 12.6. The quantitative estimate of drug-likeness (QED) is 0.521. The van der Waals surface area contributed by atoms with Crippen molar-refractivity contribution in [1.82, 2.24) is 4.57 Å². The summed E-state index contributed by atoms with van der Waals surface area (Å²) in [7, 11) is 0. The maximum Gasteiger partial charge on any atom is 0.192 e. The van der Waals surface area contributed by atoms with Crippen molar-refractivity contribution < 1.29 is 18.4 Å². The number of nitrogens with zero attached hydrogens (tertiary/aromatic N) is 3. The molecule has 1 aromatic carbocycles. The Kier molecular flexibility index (Phi) is 3.29. The normalized spacial score (nSPS) is 19.6. The molecule has 0 atom stereocenters. The maximum atomic E-state index is 15.1. The van der Waals surface area contributed by atoms with Gasteiger partial charge in [0.25, 0.3) is 0 Å². The molecule has 1 N–H and O–H groups in total. The number of halogens is 3. The maximum absolute atomic E-state index is 15.1. The van der Waals surface area contributed by atoms with Crippen molar-refractivity contribution in [2.45, 2.75) is 25.3 Å². The molecule has 0 amide bonds. The first-order valence-corrected chi connectivity index (χ1v) is 7.69. The number of hydrogen-bond acceptors (Lipinski definition) is 4. The first-order chi connectivity index (χ1) is 11.5. The summed E-state index contributed by atoms with van der Waals surface area (Å²) in [5, 5.41) is 11.3. The molecule has 126 valence electrons. The molecule has 4 rings (SSSR count). The van der Waals surface area contributed by atoms with Crippen LogP contribution in [0.25, 0.3) is 10.9 Å². The number of pyridine rings is 1. The Balaban J connectivity index is 2.02. The van der Waals surface area contributed by atoms with E-state index in [1.807, 2.05) is 0 Å². The minimum atomic E-state index is -1.38. The zero-order valence-electron chi connectivity index (χ0n) is 12.6. The molecular weight excluding hydrogens is 323 g/mol. The molecule has 1 saturated carbocycles. The van der Waals surface area contributed by atoms with Gasteiger partial charge in [-0.1, -0.05) is 5.16 Å². The molecule has 0 radical (unpaired) electrons. The Morgan fingerprint density at radius 1 is 1.17 bits per heavy atom. The van der Waals surface area contributed by atoms with Crippen LogP contribution in [0.4, 0.5) is 18.9 Å². The number of benzene rings is 1. The second kappa shape index (κ2) is 5.25. The standard InChI is InChI=1S/C16H14F3N3O2/c17-12-11-10(23)4-6-22(9-1-2-9)15(11)14(19)16(13(12)18)21-5-3-8(7-21)20-24/h4,6,9,24H,1-3,5,7H2. The van der Waals surface area contributed by atoms with Crippen molar-refractivity contribution in [2.24, 2.45) is 5.16 Å². The fourth-order valence-corrected chi connectivity index (χ4v) is 3.26. The third-order valence-electron chi connectivity index (χ3n) is 4.61. The van der Waals surface area contributed by atoms with Crippen LogP contribution in [0.3, 0.4) is 0 Å². The Morgan fingerprint density at radius 2 is 1.92 bits per heavy atom. The molecule has 0 bridgehead atoms. The third kappa shape index (κ3) is 2.09. The molecule has 5 nitrogen and oxygen atoms in total. The Labute approximate surface area is 134 Å². The highest BCUT2D eigenvalue weighted by molar-refractivity contribution is 5.93. The molecule has 1 aliphatic heterocycles. The lowest BCUT2D eigenvalue weighted by molar-refractivity contribution is 0.318. The van der Waals surface area contributed by atoms with Gasteiger partial charge in [-0.25, -0.2) is 13.2 Å². The van der Waals surface area contributed by atoms with Crippen molar-refractivity contribution in [2.75, 3.05) is 18.0 Å². The molecule has 2 aromatic rings. The van der Waals surface area contributed by atoms with Crippen LogP contribution in [-0.4, -0.2) is 28.6 Å². The van der Waals surface area contributed by atoms with Crippen LogP contribution in [0.15, 0.2) is 22.2 Å². The van der Waals surface area contributed by atoms with Gasteiger partial charge in [-0.3, -0.25) is 4.79 Å². The number of anilines is 1.